The second kappa shape index (κ2) is 5.29. The third-order valence-corrected chi connectivity index (χ3v) is 2.83. The van der Waals surface area contributed by atoms with Crippen molar-refractivity contribution >= 4 is 5.82 Å². The van der Waals surface area contributed by atoms with E-state index in [9.17, 15) is 0 Å². The van der Waals surface area contributed by atoms with Gasteiger partial charge in [0, 0.05) is 18.7 Å². The highest BCUT2D eigenvalue weighted by Crippen LogP contribution is 2.24. The molecule has 0 atom stereocenters. The van der Waals surface area contributed by atoms with Crippen LogP contribution in [-0.2, 0) is 0 Å². The van der Waals surface area contributed by atoms with E-state index in [0.29, 0.717) is 24.1 Å². The molecule has 6 nitrogen and oxygen atoms in total. The van der Waals surface area contributed by atoms with Crippen molar-refractivity contribution in [3.8, 4) is 5.88 Å². The molecule has 1 heterocycles. The summed E-state index contributed by atoms with van der Waals surface area (Å²) in [5.41, 5.74) is 2.49. The summed E-state index contributed by atoms with van der Waals surface area (Å²) in [5, 5.41) is 0. The topological polar surface area (TPSA) is 76.3 Å². The maximum atomic E-state index is 5.59. The number of hydrogen-bond donors (Lipinski definition) is 2. The van der Waals surface area contributed by atoms with E-state index < -0.39 is 0 Å². The number of rotatable bonds is 6. The Balaban J connectivity index is 1.83. The van der Waals surface area contributed by atoms with Gasteiger partial charge in [-0.1, -0.05) is 0 Å². The van der Waals surface area contributed by atoms with E-state index in [2.05, 4.69) is 27.3 Å². The summed E-state index contributed by atoms with van der Waals surface area (Å²) in [6, 6.07) is 2.46. The van der Waals surface area contributed by atoms with Crippen molar-refractivity contribution in [2.45, 2.75) is 25.8 Å². The van der Waals surface area contributed by atoms with Crippen molar-refractivity contribution in [1.29, 1.82) is 0 Å². The Morgan fingerprint density at radius 2 is 2.29 bits per heavy atom. The average Bonchev–Trinajstić information content (AvgIpc) is 3.12. The average molecular weight is 237 g/mol. The number of nitrogens with zero attached hydrogens (tertiary/aromatic N) is 3. The molecular weight excluding hydrogens is 218 g/mol. The molecule has 0 amide bonds. The van der Waals surface area contributed by atoms with Gasteiger partial charge in [-0.15, -0.1) is 0 Å². The summed E-state index contributed by atoms with van der Waals surface area (Å²) in [5.74, 6) is 7.09. The van der Waals surface area contributed by atoms with E-state index in [1.807, 2.05) is 6.92 Å². The molecular formula is C11H19N5O. The summed E-state index contributed by atoms with van der Waals surface area (Å²) in [6.45, 7) is 3.36. The van der Waals surface area contributed by atoms with E-state index in [-0.39, 0.29) is 0 Å². The van der Waals surface area contributed by atoms with Crippen LogP contribution in [0.4, 0.5) is 5.82 Å². The molecule has 2 rings (SSSR count). The Bertz CT molecular complexity index is 380. The van der Waals surface area contributed by atoms with Gasteiger partial charge in [0.1, 0.15) is 18.2 Å². The predicted octanol–water partition coefficient (Wildman–Crippen LogP) is 0.544. The van der Waals surface area contributed by atoms with Gasteiger partial charge in [-0.25, -0.2) is 10.8 Å². The van der Waals surface area contributed by atoms with Crippen LogP contribution in [0.3, 0.4) is 0 Å². The molecule has 0 aromatic carbocycles. The number of anilines is 1. The van der Waals surface area contributed by atoms with Gasteiger partial charge in [0.05, 0.1) is 0 Å². The Hall–Kier alpha value is -1.40. The Labute approximate surface area is 101 Å². The number of aryl methyl sites for hydroxylation is 1. The van der Waals surface area contributed by atoms with Gasteiger partial charge in [-0.05, 0) is 26.8 Å². The first-order chi connectivity index (χ1) is 8.19. The molecule has 0 aliphatic heterocycles. The van der Waals surface area contributed by atoms with Gasteiger partial charge in [-0.2, -0.15) is 4.98 Å². The minimum Gasteiger partial charge on any atom is -0.476 e. The number of likely N-dealkylation sites (N-methyl/N-ethyl adjacent to an activating group) is 1. The highest BCUT2D eigenvalue weighted by atomic mass is 16.5. The van der Waals surface area contributed by atoms with Crippen LogP contribution < -0.4 is 16.0 Å². The Kier molecular flexibility index (Phi) is 3.75. The summed E-state index contributed by atoms with van der Waals surface area (Å²) in [7, 11) is 2.12. The molecule has 1 aromatic heterocycles. The molecule has 0 spiro atoms. The van der Waals surface area contributed by atoms with Gasteiger partial charge < -0.3 is 15.1 Å². The number of nitrogens with two attached hydrogens (primary N) is 1. The molecule has 1 aliphatic carbocycles. The number of hydrazine groups is 1. The van der Waals surface area contributed by atoms with E-state index in [0.717, 1.165) is 12.6 Å². The molecule has 94 valence electrons. The van der Waals surface area contributed by atoms with E-state index in [1.54, 1.807) is 6.07 Å². The summed E-state index contributed by atoms with van der Waals surface area (Å²) in [6.07, 6.45) is 2.62. The Morgan fingerprint density at radius 3 is 2.94 bits per heavy atom. The van der Waals surface area contributed by atoms with Gasteiger partial charge in [0.25, 0.3) is 0 Å². The van der Waals surface area contributed by atoms with Crippen molar-refractivity contribution in [2.75, 3.05) is 25.6 Å². The van der Waals surface area contributed by atoms with Crippen LogP contribution in [0.1, 0.15) is 18.7 Å². The number of nitrogen functional groups attached to an aromatic ring is 1. The molecule has 0 bridgehead atoms. The molecule has 1 fully saturated rings. The van der Waals surface area contributed by atoms with Crippen molar-refractivity contribution in [1.82, 2.24) is 14.9 Å². The maximum Gasteiger partial charge on any atom is 0.218 e. The minimum atomic E-state index is 0.564. The largest absolute Gasteiger partial charge is 0.476 e. The molecule has 6 heteroatoms. The third-order valence-electron chi connectivity index (χ3n) is 2.83. The van der Waals surface area contributed by atoms with Crippen LogP contribution in [0.5, 0.6) is 5.88 Å². The van der Waals surface area contributed by atoms with Crippen molar-refractivity contribution in [3.63, 3.8) is 0 Å². The molecule has 0 saturated heterocycles. The molecule has 3 N–H and O–H groups in total. The van der Waals surface area contributed by atoms with Crippen LogP contribution in [0.25, 0.3) is 0 Å². The number of nitrogens with one attached hydrogen (secondary N) is 1. The normalized spacial score (nSPS) is 15.1. The van der Waals surface area contributed by atoms with Crippen molar-refractivity contribution in [2.24, 2.45) is 5.84 Å². The fourth-order valence-corrected chi connectivity index (χ4v) is 1.68. The number of ether oxygens (including phenoxy) is 1. The second-order valence-corrected chi connectivity index (χ2v) is 4.34. The lowest BCUT2D eigenvalue weighted by molar-refractivity contribution is 0.226. The monoisotopic (exact) mass is 237 g/mol. The maximum absolute atomic E-state index is 5.59. The van der Waals surface area contributed by atoms with Crippen molar-refractivity contribution < 1.29 is 4.74 Å². The zero-order chi connectivity index (χ0) is 12.3. The van der Waals surface area contributed by atoms with Crippen molar-refractivity contribution in [3.05, 3.63) is 11.9 Å². The summed E-state index contributed by atoms with van der Waals surface area (Å²) < 4.78 is 5.59. The lowest BCUT2D eigenvalue weighted by atomic mass is 10.5. The van der Waals surface area contributed by atoms with Gasteiger partial charge in [0.15, 0.2) is 0 Å². The lowest BCUT2D eigenvalue weighted by Gasteiger charge is -2.15. The fraction of sp³-hybridized carbons (Fsp3) is 0.636. The first kappa shape index (κ1) is 12.1. The standard InChI is InChI=1S/C11H19N5O/c1-8-13-10(15-12)7-11(14-8)17-6-5-16(2)9-3-4-9/h7,9H,3-6,12H2,1-2H3,(H,13,14,15). The summed E-state index contributed by atoms with van der Waals surface area (Å²) in [4.78, 5) is 10.6. The van der Waals surface area contributed by atoms with Gasteiger partial charge in [-0.3, -0.25) is 0 Å². The zero-order valence-electron chi connectivity index (χ0n) is 10.3. The molecule has 17 heavy (non-hydrogen) atoms. The SMILES string of the molecule is Cc1nc(NN)cc(OCCN(C)C2CC2)n1. The predicted molar refractivity (Wildman–Crippen MR) is 65.7 cm³/mol. The summed E-state index contributed by atoms with van der Waals surface area (Å²) >= 11 is 0. The zero-order valence-corrected chi connectivity index (χ0v) is 10.3. The quantitative estimate of drug-likeness (QED) is 0.555. The highest BCUT2D eigenvalue weighted by molar-refractivity contribution is 5.36. The minimum absolute atomic E-state index is 0.564. The van der Waals surface area contributed by atoms with Gasteiger partial charge in [0.2, 0.25) is 5.88 Å². The van der Waals surface area contributed by atoms with Crippen LogP contribution >= 0.6 is 0 Å². The third kappa shape index (κ3) is 3.54. The first-order valence-corrected chi connectivity index (χ1v) is 5.84. The number of hydrogen-bond acceptors (Lipinski definition) is 6. The molecule has 1 saturated carbocycles. The molecule has 0 unspecified atom stereocenters. The van der Waals surface area contributed by atoms with Crippen LogP contribution in [0.2, 0.25) is 0 Å². The Morgan fingerprint density at radius 1 is 1.53 bits per heavy atom. The molecule has 1 aromatic rings. The fourth-order valence-electron chi connectivity index (χ4n) is 1.68. The lowest BCUT2D eigenvalue weighted by Crippen LogP contribution is -2.26. The van der Waals surface area contributed by atoms with Crippen LogP contribution in [-0.4, -0.2) is 41.1 Å². The molecule has 1 aliphatic rings. The smallest absolute Gasteiger partial charge is 0.218 e. The second-order valence-electron chi connectivity index (χ2n) is 4.34. The highest BCUT2D eigenvalue weighted by Gasteiger charge is 2.25. The van der Waals surface area contributed by atoms with Gasteiger partial charge >= 0.3 is 0 Å². The van der Waals surface area contributed by atoms with Crippen LogP contribution in [0, 0.1) is 6.92 Å². The van der Waals surface area contributed by atoms with E-state index in [4.69, 9.17) is 10.6 Å². The van der Waals surface area contributed by atoms with Crippen LogP contribution in [0.15, 0.2) is 6.07 Å². The number of aromatic nitrogens is 2. The van der Waals surface area contributed by atoms with E-state index in [1.165, 1.54) is 12.8 Å². The molecule has 0 radical (unpaired) electrons. The first-order valence-electron chi connectivity index (χ1n) is 5.84. The van der Waals surface area contributed by atoms with E-state index >= 15 is 0 Å².